The van der Waals surface area contributed by atoms with E-state index in [-0.39, 0.29) is 5.91 Å². The van der Waals surface area contributed by atoms with Gasteiger partial charge in [0.15, 0.2) is 0 Å². The predicted octanol–water partition coefficient (Wildman–Crippen LogP) is 2.76. The summed E-state index contributed by atoms with van der Waals surface area (Å²) in [7, 11) is 0. The number of unbranched alkanes of at least 4 members (excludes halogenated alkanes) is 2. The highest BCUT2D eigenvalue weighted by Crippen LogP contribution is 2.14. The molecule has 1 saturated heterocycles. The van der Waals surface area contributed by atoms with Crippen molar-refractivity contribution in [2.45, 2.75) is 26.2 Å². The van der Waals surface area contributed by atoms with Crippen LogP contribution in [0.15, 0.2) is 24.3 Å². The van der Waals surface area contributed by atoms with Gasteiger partial charge in [-0.25, -0.2) is 0 Å². The van der Waals surface area contributed by atoms with Gasteiger partial charge in [0.25, 0.3) is 5.91 Å². The van der Waals surface area contributed by atoms with Crippen LogP contribution in [-0.4, -0.2) is 43.7 Å². The lowest BCUT2D eigenvalue weighted by Gasteiger charge is -2.27. The summed E-state index contributed by atoms with van der Waals surface area (Å²) in [4.78, 5) is 14.2. The number of hydrogen-bond donors (Lipinski definition) is 1. The lowest BCUT2D eigenvalue weighted by Crippen LogP contribution is -2.40. The zero-order valence-corrected chi connectivity index (χ0v) is 12.2. The second-order valence-electron chi connectivity index (χ2n) is 5.12. The molecule has 1 N–H and O–H groups in total. The zero-order valence-electron chi connectivity index (χ0n) is 12.2. The number of nitrogens with one attached hydrogen (secondary N) is 1. The fourth-order valence-electron chi connectivity index (χ4n) is 2.32. The molecule has 0 spiro atoms. The second-order valence-corrected chi connectivity index (χ2v) is 5.12. The zero-order chi connectivity index (χ0) is 14.2. The molecule has 0 aliphatic carbocycles. The molecule has 0 unspecified atom stereocenters. The molecule has 0 radical (unpaired) electrons. The molecule has 0 atom stereocenters. The minimum atomic E-state index is 0.102. The summed E-state index contributed by atoms with van der Waals surface area (Å²) in [6.45, 7) is 5.81. The summed E-state index contributed by atoms with van der Waals surface area (Å²) in [6.07, 6.45) is 3.62. The van der Waals surface area contributed by atoms with Crippen LogP contribution in [0.5, 0.6) is 0 Å². The first-order valence-corrected chi connectivity index (χ1v) is 7.52. The van der Waals surface area contributed by atoms with E-state index in [1.165, 1.54) is 12.8 Å². The molecule has 2 rings (SSSR count). The third kappa shape index (κ3) is 4.23. The Morgan fingerprint density at radius 2 is 2.10 bits per heavy atom. The number of nitrogens with zero attached hydrogens (tertiary/aromatic N) is 1. The number of carbonyl (C=O) groups is 1. The van der Waals surface area contributed by atoms with Crippen molar-refractivity contribution in [1.82, 2.24) is 4.90 Å². The largest absolute Gasteiger partial charge is 0.385 e. The average Bonchev–Trinajstić information content (AvgIpc) is 2.52. The number of carbonyl (C=O) groups excluding carboxylic acids is 1. The van der Waals surface area contributed by atoms with Gasteiger partial charge in [-0.1, -0.05) is 25.8 Å². The quantitative estimate of drug-likeness (QED) is 0.812. The number of rotatable bonds is 6. The Bertz CT molecular complexity index is 428. The second kappa shape index (κ2) is 7.90. The lowest BCUT2D eigenvalue weighted by atomic mass is 10.1. The SMILES string of the molecule is CCCCCNc1cccc(C(=O)N2CCOCC2)c1. The molecule has 1 aliphatic rings. The highest BCUT2D eigenvalue weighted by Gasteiger charge is 2.18. The van der Waals surface area contributed by atoms with Crippen LogP contribution < -0.4 is 5.32 Å². The van der Waals surface area contributed by atoms with Gasteiger partial charge in [0.2, 0.25) is 0 Å². The summed E-state index contributed by atoms with van der Waals surface area (Å²) < 4.78 is 5.28. The van der Waals surface area contributed by atoms with Crippen molar-refractivity contribution in [2.75, 3.05) is 38.2 Å². The average molecular weight is 276 g/mol. The van der Waals surface area contributed by atoms with E-state index in [0.717, 1.165) is 24.2 Å². The first kappa shape index (κ1) is 14.9. The number of morpholine rings is 1. The van der Waals surface area contributed by atoms with Crippen LogP contribution in [0.25, 0.3) is 0 Å². The molecule has 20 heavy (non-hydrogen) atoms. The fraction of sp³-hybridized carbons (Fsp3) is 0.562. The monoisotopic (exact) mass is 276 g/mol. The van der Waals surface area contributed by atoms with Gasteiger partial charge in [-0.2, -0.15) is 0 Å². The number of anilines is 1. The maximum Gasteiger partial charge on any atom is 0.254 e. The summed E-state index contributed by atoms with van der Waals surface area (Å²) in [6, 6.07) is 7.79. The van der Waals surface area contributed by atoms with Gasteiger partial charge >= 0.3 is 0 Å². The van der Waals surface area contributed by atoms with Gasteiger partial charge in [-0.15, -0.1) is 0 Å². The van der Waals surface area contributed by atoms with Crippen molar-refractivity contribution < 1.29 is 9.53 Å². The summed E-state index contributed by atoms with van der Waals surface area (Å²) >= 11 is 0. The van der Waals surface area contributed by atoms with E-state index >= 15 is 0 Å². The van der Waals surface area contributed by atoms with Crippen molar-refractivity contribution in [3.05, 3.63) is 29.8 Å². The van der Waals surface area contributed by atoms with Gasteiger partial charge < -0.3 is 15.0 Å². The van der Waals surface area contributed by atoms with E-state index in [1.54, 1.807) is 0 Å². The van der Waals surface area contributed by atoms with Gasteiger partial charge in [0.1, 0.15) is 0 Å². The van der Waals surface area contributed by atoms with E-state index in [4.69, 9.17) is 4.74 Å². The topological polar surface area (TPSA) is 41.6 Å². The molecule has 1 amide bonds. The normalized spacial score (nSPS) is 15.2. The summed E-state index contributed by atoms with van der Waals surface area (Å²) in [5.74, 6) is 0.102. The Morgan fingerprint density at radius 3 is 2.85 bits per heavy atom. The third-order valence-electron chi connectivity index (χ3n) is 3.52. The molecule has 0 aromatic heterocycles. The van der Waals surface area contributed by atoms with Crippen LogP contribution in [0.4, 0.5) is 5.69 Å². The van der Waals surface area contributed by atoms with Crippen molar-refractivity contribution in [1.29, 1.82) is 0 Å². The van der Waals surface area contributed by atoms with Crippen molar-refractivity contribution in [3.8, 4) is 0 Å². The van der Waals surface area contributed by atoms with E-state index in [9.17, 15) is 4.79 Å². The Balaban J connectivity index is 1.92. The van der Waals surface area contributed by atoms with Crippen LogP contribution in [0.2, 0.25) is 0 Å². The molecular formula is C16H24N2O2. The van der Waals surface area contributed by atoms with Crippen molar-refractivity contribution in [3.63, 3.8) is 0 Å². The fourth-order valence-corrected chi connectivity index (χ4v) is 2.32. The minimum absolute atomic E-state index is 0.102. The number of amides is 1. The number of hydrogen-bond acceptors (Lipinski definition) is 3. The molecule has 0 saturated carbocycles. The molecule has 110 valence electrons. The van der Waals surface area contributed by atoms with Crippen LogP contribution >= 0.6 is 0 Å². The molecule has 1 aromatic rings. The molecular weight excluding hydrogens is 252 g/mol. The molecule has 1 heterocycles. The summed E-state index contributed by atoms with van der Waals surface area (Å²) in [5.41, 5.74) is 1.78. The maximum absolute atomic E-state index is 12.4. The smallest absolute Gasteiger partial charge is 0.254 e. The van der Waals surface area contributed by atoms with Gasteiger partial charge in [0.05, 0.1) is 13.2 Å². The minimum Gasteiger partial charge on any atom is -0.385 e. The Morgan fingerprint density at radius 1 is 1.30 bits per heavy atom. The summed E-state index contributed by atoms with van der Waals surface area (Å²) in [5, 5.41) is 3.38. The molecule has 1 fully saturated rings. The van der Waals surface area contributed by atoms with Crippen LogP contribution in [0.3, 0.4) is 0 Å². The third-order valence-corrected chi connectivity index (χ3v) is 3.52. The van der Waals surface area contributed by atoms with Gasteiger partial charge in [-0.3, -0.25) is 4.79 Å². The van der Waals surface area contributed by atoms with Gasteiger partial charge in [-0.05, 0) is 24.6 Å². The van der Waals surface area contributed by atoms with Crippen LogP contribution in [-0.2, 0) is 4.74 Å². The van der Waals surface area contributed by atoms with Crippen molar-refractivity contribution in [2.24, 2.45) is 0 Å². The predicted molar refractivity (Wildman–Crippen MR) is 81.2 cm³/mol. The van der Waals surface area contributed by atoms with E-state index in [1.807, 2.05) is 29.2 Å². The van der Waals surface area contributed by atoms with Crippen LogP contribution in [0, 0.1) is 0 Å². The highest BCUT2D eigenvalue weighted by molar-refractivity contribution is 5.95. The lowest BCUT2D eigenvalue weighted by molar-refractivity contribution is 0.0303. The van der Waals surface area contributed by atoms with E-state index in [0.29, 0.717) is 26.3 Å². The molecule has 0 bridgehead atoms. The number of benzene rings is 1. The molecule has 1 aliphatic heterocycles. The Kier molecular flexibility index (Phi) is 5.87. The molecule has 1 aromatic carbocycles. The van der Waals surface area contributed by atoms with Crippen LogP contribution in [0.1, 0.15) is 36.5 Å². The Labute approximate surface area is 121 Å². The highest BCUT2D eigenvalue weighted by atomic mass is 16.5. The van der Waals surface area contributed by atoms with E-state index in [2.05, 4.69) is 12.2 Å². The molecule has 4 nitrogen and oxygen atoms in total. The molecule has 4 heteroatoms. The first-order valence-electron chi connectivity index (χ1n) is 7.52. The van der Waals surface area contributed by atoms with Gasteiger partial charge in [0, 0.05) is 30.9 Å². The van der Waals surface area contributed by atoms with Crippen molar-refractivity contribution >= 4 is 11.6 Å². The number of ether oxygens (including phenoxy) is 1. The standard InChI is InChI=1S/C16H24N2O2/c1-2-3-4-8-17-15-7-5-6-14(13-15)16(19)18-9-11-20-12-10-18/h5-7,13,17H,2-4,8-12H2,1H3. The maximum atomic E-state index is 12.4. The van der Waals surface area contributed by atoms with E-state index < -0.39 is 0 Å². The Hall–Kier alpha value is -1.55. The first-order chi connectivity index (χ1) is 9.81.